The first-order chi connectivity index (χ1) is 8.50. The zero-order valence-corrected chi connectivity index (χ0v) is 12.1. The van der Waals surface area contributed by atoms with Crippen molar-refractivity contribution in [3.8, 4) is 0 Å². The van der Waals surface area contributed by atoms with E-state index in [9.17, 15) is 0 Å². The van der Waals surface area contributed by atoms with Gasteiger partial charge in [0.25, 0.3) is 0 Å². The first-order valence-corrected chi connectivity index (χ1v) is 6.70. The highest BCUT2D eigenvalue weighted by Crippen LogP contribution is 2.23. The molecule has 0 bridgehead atoms. The van der Waals surface area contributed by atoms with Crippen molar-refractivity contribution in [2.45, 2.75) is 40.2 Å². The van der Waals surface area contributed by atoms with E-state index in [0.717, 1.165) is 25.2 Å². The second-order valence-corrected chi connectivity index (χ2v) is 5.65. The highest BCUT2D eigenvalue weighted by molar-refractivity contribution is 5.01. The van der Waals surface area contributed by atoms with Crippen LogP contribution >= 0.6 is 0 Å². The molecule has 1 heterocycles. The monoisotopic (exact) mass is 250 g/mol. The summed E-state index contributed by atoms with van der Waals surface area (Å²) in [5.74, 6) is 0. The van der Waals surface area contributed by atoms with E-state index in [1.807, 2.05) is 6.20 Å². The van der Waals surface area contributed by atoms with Gasteiger partial charge in [-0.05, 0) is 31.8 Å². The van der Waals surface area contributed by atoms with Gasteiger partial charge in [-0.2, -0.15) is 0 Å². The van der Waals surface area contributed by atoms with Gasteiger partial charge < -0.3 is 5.73 Å². The lowest BCUT2D eigenvalue weighted by molar-refractivity contribution is 0.138. The van der Waals surface area contributed by atoms with E-state index < -0.39 is 0 Å². The molecule has 1 aromatic heterocycles. The molecule has 1 rings (SSSR count). The van der Waals surface area contributed by atoms with Crippen LogP contribution in [0.5, 0.6) is 0 Å². The van der Waals surface area contributed by atoms with Crippen LogP contribution < -0.4 is 5.73 Å². The van der Waals surface area contributed by atoms with Crippen LogP contribution in [0.4, 0.5) is 0 Å². The Morgan fingerprint density at radius 1 is 1.39 bits per heavy atom. The van der Waals surface area contributed by atoms with Crippen molar-refractivity contribution in [1.29, 1.82) is 0 Å². The molecule has 0 amide bonds. The number of aromatic nitrogens is 2. The fraction of sp³-hybridized carbons (Fsp3) is 0.714. The Hall–Kier alpha value is -1.00. The fourth-order valence-corrected chi connectivity index (χ4v) is 2.02. The van der Waals surface area contributed by atoms with Crippen molar-refractivity contribution in [3.63, 3.8) is 0 Å². The van der Waals surface area contributed by atoms with Crippen LogP contribution in [-0.2, 0) is 0 Å². The van der Waals surface area contributed by atoms with Crippen LogP contribution in [0, 0.1) is 5.41 Å². The van der Waals surface area contributed by atoms with Crippen molar-refractivity contribution in [2.24, 2.45) is 11.1 Å². The second-order valence-electron chi connectivity index (χ2n) is 5.65. The number of nitrogens with zero attached hydrogens (tertiary/aromatic N) is 3. The third-order valence-corrected chi connectivity index (χ3v) is 3.25. The molecule has 0 spiro atoms. The predicted molar refractivity (Wildman–Crippen MR) is 75.1 cm³/mol. The van der Waals surface area contributed by atoms with Gasteiger partial charge in [0, 0.05) is 25.1 Å². The number of hydrogen-bond donors (Lipinski definition) is 1. The second kappa shape index (κ2) is 6.81. The lowest BCUT2D eigenvalue weighted by Crippen LogP contribution is -2.40. The molecule has 0 aliphatic heterocycles. The molecule has 0 saturated heterocycles. The minimum atomic E-state index is 0.131. The smallest absolute Gasteiger partial charge is 0.0755 e. The molecular formula is C14H26N4. The van der Waals surface area contributed by atoms with Crippen molar-refractivity contribution in [1.82, 2.24) is 14.9 Å². The Morgan fingerprint density at radius 2 is 2.11 bits per heavy atom. The maximum absolute atomic E-state index is 5.83. The van der Waals surface area contributed by atoms with Gasteiger partial charge in [-0.3, -0.25) is 14.9 Å². The predicted octanol–water partition coefficient (Wildman–Crippen LogP) is 2.23. The first-order valence-electron chi connectivity index (χ1n) is 6.70. The van der Waals surface area contributed by atoms with E-state index in [0.29, 0.717) is 6.54 Å². The lowest BCUT2D eigenvalue weighted by Gasteiger charge is -2.35. The molecule has 2 N–H and O–H groups in total. The molecule has 1 unspecified atom stereocenters. The summed E-state index contributed by atoms with van der Waals surface area (Å²) in [5, 5.41) is 0. The average molecular weight is 250 g/mol. The van der Waals surface area contributed by atoms with E-state index in [1.54, 1.807) is 12.4 Å². The average Bonchev–Trinajstić information content (AvgIpc) is 2.38. The van der Waals surface area contributed by atoms with Crippen LogP contribution in [0.25, 0.3) is 0 Å². The SMILES string of the molecule is CCCN(CC(C)(C)CN)C(C)c1cnccn1. The van der Waals surface area contributed by atoms with Gasteiger partial charge >= 0.3 is 0 Å². The van der Waals surface area contributed by atoms with Gasteiger partial charge in [-0.1, -0.05) is 20.8 Å². The molecule has 18 heavy (non-hydrogen) atoms. The third kappa shape index (κ3) is 4.35. The van der Waals surface area contributed by atoms with Crippen molar-refractivity contribution >= 4 is 0 Å². The topological polar surface area (TPSA) is 55.0 Å². The summed E-state index contributed by atoms with van der Waals surface area (Å²) >= 11 is 0. The van der Waals surface area contributed by atoms with Crippen LogP contribution in [0.1, 0.15) is 45.9 Å². The van der Waals surface area contributed by atoms with E-state index in [4.69, 9.17) is 5.73 Å². The van der Waals surface area contributed by atoms with Gasteiger partial charge in [0.15, 0.2) is 0 Å². The highest BCUT2D eigenvalue weighted by Gasteiger charge is 2.24. The lowest BCUT2D eigenvalue weighted by atomic mass is 9.92. The molecule has 4 nitrogen and oxygen atoms in total. The molecule has 0 aliphatic carbocycles. The van der Waals surface area contributed by atoms with E-state index in [2.05, 4.69) is 42.6 Å². The Kier molecular flexibility index (Phi) is 5.69. The summed E-state index contributed by atoms with van der Waals surface area (Å²) in [6, 6.07) is 0.282. The van der Waals surface area contributed by atoms with Crippen LogP contribution in [0.2, 0.25) is 0 Å². The minimum Gasteiger partial charge on any atom is -0.330 e. The van der Waals surface area contributed by atoms with Crippen LogP contribution in [-0.4, -0.2) is 34.5 Å². The van der Waals surface area contributed by atoms with E-state index in [1.165, 1.54) is 0 Å². The molecule has 0 saturated carbocycles. The molecule has 0 fully saturated rings. The van der Waals surface area contributed by atoms with Gasteiger partial charge in [0.2, 0.25) is 0 Å². The van der Waals surface area contributed by atoms with E-state index >= 15 is 0 Å². The van der Waals surface area contributed by atoms with Gasteiger partial charge in [-0.25, -0.2) is 0 Å². The molecule has 0 aliphatic rings. The minimum absolute atomic E-state index is 0.131. The van der Waals surface area contributed by atoms with Gasteiger partial charge in [-0.15, -0.1) is 0 Å². The zero-order chi connectivity index (χ0) is 13.6. The molecular weight excluding hydrogens is 224 g/mol. The largest absolute Gasteiger partial charge is 0.330 e. The summed E-state index contributed by atoms with van der Waals surface area (Å²) in [5.41, 5.74) is 6.99. The Morgan fingerprint density at radius 3 is 2.61 bits per heavy atom. The Bertz CT molecular complexity index is 337. The first kappa shape index (κ1) is 15.1. The van der Waals surface area contributed by atoms with Crippen molar-refractivity contribution in [2.75, 3.05) is 19.6 Å². The summed E-state index contributed by atoms with van der Waals surface area (Å²) in [7, 11) is 0. The molecule has 4 heteroatoms. The molecule has 0 radical (unpaired) electrons. The summed E-state index contributed by atoms with van der Waals surface area (Å²) in [6.45, 7) is 11.5. The van der Waals surface area contributed by atoms with E-state index in [-0.39, 0.29) is 11.5 Å². The van der Waals surface area contributed by atoms with Crippen molar-refractivity contribution in [3.05, 3.63) is 24.3 Å². The highest BCUT2D eigenvalue weighted by atomic mass is 15.2. The van der Waals surface area contributed by atoms with Gasteiger partial charge in [0.1, 0.15) is 0 Å². The third-order valence-electron chi connectivity index (χ3n) is 3.25. The van der Waals surface area contributed by atoms with Crippen LogP contribution in [0.3, 0.4) is 0 Å². The molecule has 1 aromatic rings. The Labute approximate surface area is 111 Å². The quantitative estimate of drug-likeness (QED) is 0.806. The number of rotatable bonds is 7. The molecule has 0 aromatic carbocycles. The summed E-state index contributed by atoms with van der Waals surface area (Å²) < 4.78 is 0. The van der Waals surface area contributed by atoms with Gasteiger partial charge in [0.05, 0.1) is 11.7 Å². The molecule has 1 atom stereocenters. The fourth-order valence-electron chi connectivity index (χ4n) is 2.02. The number of nitrogens with two attached hydrogens (primary N) is 1. The van der Waals surface area contributed by atoms with Crippen LogP contribution in [0.15, 0.2) is 18.6 Å². The normalized spacial score (nSPS) is 13.9. The zero-order valence-electron chi connectivity index (χ0n) is 12.1. The Balaban J connectivity index is 2.78. The summed E-state index contributed by atoms with van der Waals surface area (Å²) in [4.78, 5) is 11.0. The van der Waals surface area contributed by atoms with Crippen molar-refractivity contribution < 1.29 is 0 Å². The maximum atomic E-state index is 5.83. The molecule has 102 valence electrons. The number of hydrogen-bond acceptors (Lipinski definition) is 4. The maximum Gasteiger partial charge on any atom is 0.0755 e. The summed E-state index contributed by atoms with van der Waals surface area (Å²) in [6.07, 6.45) is 6.45. The standard InChI is InChI=1S/C14H26N4/c1-5-8-18(11-14(3,4)10-15)12(2)13-9-16-6-7-17-13/h6-7,9,12H,5,8,10-11,15H2,1-4H3.